The number of unbranched alkanes of at least 4 members (excludes halogenated alkanes) is 7. The number of carbonyl (C=O) groups is 2. The average molecular weight is 288 g/mol. The smallest absolute Gasteiger partial charge is 0.466 e. The number of rotatable bonds is 11. The molecule has 0 N–H and O–H groups in total. The average Bonchev–Trinajstić information content (AvgIpc) is 2.44. The van der Waals surface area contributed by atoms with Gasteiger partial charge in [-0.25, -0.2) is 9.59 Å². The van der Waals surface area contributed by atoms with Crippen LogP contribution in [-0.2, 0) is 19.0 Å². The van der Waals surface area contributed by atoms with Crippen molar-refractivity contribution in [3.8, 4) is 0 Å². The van der Waals surface area contributed by atoms with Crippen molar-refractivity contribution < 1.29 is 23.8 Å². The number of esters is 1. The molecule has 0 saturated carbocycles. The molecule has 5 heteroatoms. The van der Waals surface area contributed by atoms with Crippen molar-refractivity contribution in [3.63, 3.8) is 0 Å². The maximum Gasteiger partial charge on any atom is 0.509 e. The van der Waals surface area contributed by atoms with Gasteiger partial charge >= 0.3 is 12.1 Å². The molecule has 20 heavy (non-hydrogen) atoms. The molecule has 118 valence electrons. The highest BCUT2D eigenvalue weighted by atomic mass is 16.7. The van der Waals surface area contributed by atoms with Gasteiger partial charge in [0.15, 0.2) is 6.10 Å². The Balaban J connectivity index is 3.37. The number of methoxy groups -OCH3 is 1. The SMILES string of the molecule is CCCCCCCCCCOC(=O)OC(C)C(=O)OC. The van der Waals surface area contributed by atoms with Crippen LogP contribution in [0.2, 0.25) is 0 Å². The van der Waals surface area contributed by atoms with E-state index >= 15 is 0 Å². The third kappa shape index (κ3) is 10.6. The van der Waals surface area contributed by atoms with E-state index in [0.717, 1.165) is 12.8 Å². The highest BCUT2D eigenvalue weighted by Gasteiger charge is 2.18. The Morgan fingerprint density at radius 3 is 2.05 bits per heavy atom. The Kier molecular flexibility index (Phi) is 12.0. The van der Waals surface area contributed by atoms with E-state index in [0.29, 0.717) is 6.61 Å². The lowest BCUT2D eigenvalue weighted by molar-refractivity contribution is -0.150. The molecule has 0 aromatic carbocycles. The van der Waals surface area contributed by atoms with E-state index in [1.54, 1.807) is 0 Å². The molecule has 0 bridgehead atoms. The summed E-state index contributed by atoms with van der Waals surface area (Å²) in [6.45, 7) is 3.99. The van der Waals surface area contributed by atoms with Gasteiger partial charge in [-0.2, -0.15) is 0 Å². The first-order valence-corrected chi connectivity index (χ1v) is 7.53. The van der Waals surface area contributed by atoms with Gasteiger partial charge in [-0.3, -0.25) is 0 Å². The van der Waals surface area contributed by atoms with Crippen LogP contribution in [0.3, 0.4) is 0 Å². The number of hydrogen-bond acceptors (Lipinski definition) is 5. The summed E-state index contributed by atoms with van der Waals surface area (Å²) in [6.07, 6.45) is 7.72. The molecule has 0 aromatic rings. The van der Waals surface area contributed by atoms with Crippen LogP contribution in [0, 0.1) is 0 Å². The first kappa shape index (κ1) is 18.7. The summed E-state index contributed by atoms with van der Waals surface area (Å²) < 4.78 is 14.1. The van der Waals surface area contributed by atoms with Crippen molar-refractivity contribution in [2.75, 3.05) is 13.7 Å². The van der Waals surface area contributed by atoms with Crippen molar-refractivity contribution >= 4 is 12.1 Å². The predicted octanol–water partition coefficient (Wildman–Crippen LogP) is 3.84. The van der Waals surface area contributed by atoms with Gasteiger partial charge in [-0.15, -0.1) is 0 Å². The maximum atomic E-state index is 11.2. The summed E-state index contributed by atoms with van der Waals surface area (Å²) >= 11 is 0. The fourth-order valence-corrected chi connectivity index (χ4v) is 1.78. The summed E-state index contributed by atoms with van der Waals surface area (Å²) in [5.74, 6) is -0.589. The minimum absolute atomic E-state index is 0.335. The minimum Gasteiger partial charge on any atom is -0.466 e. The van der Waals surface area contributed by atoms with Crippen LogP contribution in [-0.4, -0.2) is 31.9 Å². The van der Waals surface area contributed by atoms with Gasteiger partial charge in [0, 0.05) is 0 Å². The van der Waals surface area contributed by atoms with E-state index in [-0.39, 0.29) is 0 Å². The van der Waals surface area contributed by atoms with Gasteiger partial charge in [0.25, 0.3) is 0 Å². The second kappa shape index (κ2) is 12.8. The zero-order valence-electron chi connectivity index (χ0n) is 13.0. The Labute approximate surface area is 122 Å². The van der Waals surface area contributed by atoms with Crippen LogP contribution in [0.25, 0.3) is 0 Å². The molecule has 0 amide bonds. The van der Waals surface area contributed by atoms with Crippen molar-refractivity contribution in [1.29, 1.82) is 0 Å². The van der Waals surface area contributed by atoms with E-state index in [4.69, 9.17) is 9.47 Å². The van der Waals surface area contributed by atoms with Crippen LogP contribution >= 0.6 is 0 Å². The topological polar surface area (TPSA) is 61.8 Å². The maximum absolute atomic E-state index is 11.2. The van der Waals surface area contributed by atoms with E-state index < -0.39 is 18.2 Å². The third-order valence-electron chi connectivity index (χ3n) is 3.02. The van der Waals surface area contributed by atoms with Crippen LogP contribution < -0.4 is 0 Å². The van der Waals surface area contributed by atoms with Crippen LogP contribution in [0.4, 0.5) is 4.79 Å². The van der Waals surface area contributed by atoms with E-state index in [1.165, 1.54) is 52.6 Å². The monoisotopic (exact) mass is 288 g/mol. The van der Waals surface area contributed by atoms with E-state index in [2.05, 4.69) is 11.7 Å². The Hall–Kier alpha value is -1.26. The van der Waals surface area contributed by atoms with Crippen LogP contribution in [0.5, 0.6) is 0 Å². The Bertz CT molecular complexity index is 265. The van der Waals surface area contributed by atoms with E-state index in [9.17, 15) is 9.59 Å². The molecule has 1 atom stereocenters. The fourth-order valence-electron chi connectivity index (χ4n) is 1.78. The predicted molar refractivity (Wildman–Crippen MR) is 76.5 cm³/mol. The lowest BCUT2D eigenvalue weighted by atomic mass is 10.1. The third-order valence-corrected chi connectivity index (χ3v) is 3.02. The van der Waals surface area contributed by atoms with Gasteiger partial charge in [-0.1, -0.05) is 51.9 Å². The lowest BCUT2D eigenvalue weighted by Crippen LogP contribution is -2.25. The first-order valence-electron chi connectivity index (χ1n) is 7.53. The molecular weight excluding hydrogens is 260 g/mol. The zero-order chi connectivity index (χ0) is 15.2. The Morgan fingerprint density at radius 1 is 0.950 bits per heavy atom. The Morgan fingerprint density at radius 2 is 1.50 bits per heavy atom. The van der Waals surface area contributed by atoms with Gasteiger partial charge in [0.1, 0.15) is 0 Å². The summed E-state index contributed by atoms with van der Waals surface area (Å²) in [4.78, 5) is 22.2. The van der Waals surface area contributed by atoms with Gasteiger partial charge in [0.05, 0.1) is 13.7 Å². The quantitative estimate of drug-likeness (QED) is 0.427. The van der Waals surface area contributed by atoms with Gasteiger partial charge in [0.2, 0.25) is 0 Å². The first-order chi connectivity index (χ1) is 9.61. The van der Waals surface area contributed by atoms with Crippen molar-refractivity contribution in [2.24, 2.45) is 0 Å². The standard InChI is InChI=1S/C15H28O5/c1-4-5-6-7-8-9-10-11-12-19-15(17)20-13(2)14(16)18-3/h13H,4-12H2,1-3H3. The molecule has 0 spiro atoms. The summed E-state index contributed by atoms with van der Waals surface area (Å²) in [6, 6.07) is 0. The molecule has 5 nitrogen and oxygen atoms in total. The molecule has 0 radical (unpaired) electrons. The molecular formula is C15H28O5. The molecule has 0 heterocycles. The van der Waals surface area contributed by atoms with Crippen molar-refractivity contribution in [1.82, 2.24) is 0 Å². The zero-order valence-corrected chi connectivity index (χ0v) is 13.0. The molecule has 0 saturated heterocycles. The van der Waals surface area contributed by atoms with Gasteiger partial charge in [-0.05, 0) is 13.3 Å². The van der Waals surface area contributed by atoms with Gasteiger partial charge < -0.3 is 14.2 Å². The lowest BCUT2D eigenvalue weighted by Gasteiger charge is -2.10. The van der Waals surface area contributed by atoms with Crippen LogP contribution in [0.1, 0.15) is 65.2 Å². The molecule has 0 aliphatic heterocycles. The summed E-state index contributed by atoms with van der Waals surface area (Å²) in [5, 5.41) is 0. The highest BCUT2D eigenvalue weighted by molar-refractivity contribution is 5.76. The van der Waals surface area contributed by atoms with Crippen molar-refractivity contribution in [2.45, 2.75) is 71.3 Å². The van der Waals surface area contributed by atoms with Crippen molar-refractivity contribution in [3.05, 3.63) is 0 Å². The highest BCUT2D eigenvalue weighted by Crippen LogP contribution is 2.08. The summed E-state index contributed by atoms with van der Waals surface area (Å²) in [7, 11) is 1.24. The molecule has 0 aromatic heterocycles. The summed E-state index contributed by atoms with van der Waals surface area (Å²) in [5.41, 5.74) is 0. The molecule has 0 aliphatic rings. The molecule has 0 aliphatic carbocycles. The molecule has 0 fully saturated rings. The van der Waals surface area contributed by atoms with Crippen LogP contribution in [0.15, 0.2) is 0 Å². The minimum atomic E-state index is -0.925. The molecule has 1 unspecified atom stereocenters. The second-order valence-corrected chi connectivity index (χ2v) is 4.86. The molecule has 0 rings (SSSR count). The fraction of sp³-hybridized carbons (Fsp3) is 0.867. The number of hydrogen-bond donors (Lipinski definition) is 0. The second-order valence-electron chi connectivity index (χ2n) is 4.86. The largest absolute Gasteiger partial charge is 0.509 e. The number of ether oxygens (including phenoxy) is 3. The van der Waals surface area contributed by atoms with E-state index in [1.807, 2.05) is 0 Å². The normalized spacial score (nSPS) is 11.8. The number of carbonyl (C=O) groups excluding carboxylic acids is 2.